The van der Waals surface area contributed by atoms with E-state index in [4.69, 9.17) is 17.3 Å². The summed E-state index contributed by atoms with van der Waals surface area (Å²) >= 11 is 5.87. The summed E-state index contributed by atoms with van der Waals surface area (Å²) in [5.74, 6) is 0.253. The van der Waals surface area contributed by atoms with Gasteiger partial charge in [-0.15, -0.1) is 10.2 Å². The molecule has 2 saturated carbocycles. The van der Waals surface area contributed by atoms with E-state index in [9.17, 15) is 9.59 Å². The van der Waals surface area contributed by atoms with Gasteiger partial charge in [0.2, 0.25) is 5.91 Å². The van der Waals surface area contributed by atoms with E-state index < -0.39 is 11.9 Å². The number of tetrazole rings is 1. The Balaban J connectivity index is 1.41. The number of aromatic nitrogens is 5. The molecule has 2 aliphatic carbocycles. The van der Waals surface area contributed by atoms with Crippen molar-refractivity contribution in [2.75, 3.05) is 6.54 Å². The van der Waals surface area contributed by atoms with Crippen molar-refractivity contribution in [1.82, 2.24) is 36.2 Å². The fourth-order valence-electron chi connectivity index (χ4n) is 4.61. The number of nitrogens with one attached hydrogen (secondary N) is 3. The third kappa shape index (κ3) is 4.15. The van der Waals surface area contributed by atoms with Crippen LogP contribution < -0.4 is 16.4 Å². The smallest absolute Gasteiger partial charge is 0.270 e. The van der Waals surface area contributed by atoms with Crippen molar-refractivity contribution in [2.45, 2.75) is 56.5 Å². The van der Waals surface area contributed by atoms with Crippen LogP contribution in [0.25, 0.3) is 0 Å². The zero-order valence-electron chi connectivity index (χ0n) is 16.5. The predicted molar refractivity (Wildman–Crippen MR) is 109 cm³/mol. The van der Waals surface area contributed by atoms with Crippen LogP contribution in [0.4, 0.5) is 0 Å². The lowest BCUT2D eigenvalue weighted by Crippen LogP contribution is -2.48. The number of carbonyl (C=O) groups is 2. The Labute approximate surface area is 178 Å². The molecule has 160 valence electrons. The minimum atomic E-state index is -0.690. The van der Waals surface area contributed by atoms with E-state index in [0.717, 1.165) is 25.7 Å². The Bertz CT molecular complexity index is 908. The van der Waals surface area contributed by atoms with Crippen LogP contribution in [0, 0.1) is 5.41 Å². The van der Waals surface area contributed by atoms with Crippen LogP contribution in [0.5, 0.6) is 0 Å². The molecule has 0 bridgehead atoms. The minimum absolute atomic E-state index is 0.0174. The van der Waals surface area contributed by atoms with Gasteiger partial charge in [-0.05, 0) is 50.8 Å². The Hall–Kier alpha value is -2.59. The quantitative estimate of drug-likeness (QED) is 0.452. The zero-order valence-corrected chi connectivity index (χ0v) is 17.2. The summed E-state index contributed by atoms with van der Waals surface area (Å²) in [7, 11) is 0. The van der Waals surface area contributed by atoms with Crippen LogP contribution in [0.3, 0.4) is 0 Å². The molecule has 4 rings (SSSR count). The third-order valence-electron chi connectivity index (χ3n) is 6.20. The van der Waals surface area contributed by atoms with Gasteiger partial charge in [0, 0.05) is 17.4 Å². The minimum Gasteiger partial charge on any atom is -0.351 e. The standard InChI is InChI=1S/C19H25ClN8O2/c20-15-7-1-5-12(22-15)17(29)23-13(6-3-9-21)18(30)24-14-10-19(14)8-2-4-11(19)16-25-27-28-26-16/h1,5,7,11,13-14H,2-4,6,8-10,21H2,(H,23,29)(H,24,30)(H,25,26,27,28)/t11-,13-,14-,19-/m0/s1. The molecule has 0 aliphatic heterocycles. The van der Waals surface area contributed by atoms with Crippen molar-refractivity contribution in [1.29, 1.82) is 0 Å². The lowest BCUT2D eigenvalue weighted by molar-refractivity contribution is -0.123. The summed E-state index contributed by atoms with van der Waals surface area (Å²) in [4.78, 5) is 29.6. The molecule has 2 aromatic rings. The molecule has 5 N–H and O–H groups in total. The highest BCUT2D eigenvalue weighted by atomic mass is 35.5. The van der Waals surface area contributed by atoms with Crippen molar-refractivity contribution < 1.29 is 9.59 Å². The molecule has 2 aliphatic rings. The van der Waals surface area contributed by atoms with E-state index in [2.05, 4.69) is 36.2 Å². The number of nitrogens with zero attached hydrogens (tertiary/aromatic N) is 4. The second kappa shape index (κ2) is 8.65. The first-order valence-electron chi connectivity index (χ1n) is 10.2. The first-order valence-corrected chi connectivity index (χ1v) is 10.6. The van der Waals surface area contributed by atoms with Crippen LogP contribution in [0.15, 0.2) is 18.2 Å². The Kier molecular flexibility index (Phi) is 5.96. The van der Waals surface area contributed by atoms with Crippen LogP contribution in [0.2, 0.25) is 5.15 Å². The highest BCUT2D eigenvalue weighted by molar-refractivity contribution is 6.29. The van der Waals surface area contributed by atoms with Gasteiger partial charge in [0.15, 0.2) is 5.82 Å². The fourth-order valence-corrected chi connectivity index (χ4v) is 4.77. The normalized spacial score (nSPS) is 25.8. The van der Waals surface area contributed by atoms with Crippen molar-refractivity contribution in [3.05, 3.63) is 34.9 Å². The summed E-state index contributed by atoms with van der Waals surface area (Å²) < 4.78 is 0. The van der Waals surface area contributed by atoms with E-state index in [1.807, 2.05) is 0 Å². The van der Waals surface area contributed by atoms with Gasteiger partial charge in [-0.25, -0.2) is 4.98 Å². The maximum atomic E-state index is 13.0. The van der Waals surface area contributed by atoms with Gasteiger partial charge >= 0.3 is 0 Å². The average Bonchev–Trinajstić information content (AvgIpc) is 3.08. The highest BCUT2D eigenvalue weighted by Gasteiger charge is 2.63. The van der Waals surface area contributed by atoms with Crippen LogP contribution in [-0.2, 0) is 4.79 Å². The summed E-state index contributed by atoms with van der Waals surface area (Å²) in [5.41, 5.74) is 5.78. The van der Waals surface area contributed by atoms with Gasteiger partial charge in [0.25, 0.3) is 5.91 Å². The Morgan fingerprint density at radius 1 is 1.40 bits per heavy atom. The van der Waals surface area contributed by atoms with Crippen molar-refractivity contribution in [3.63, 3.8) is 0 Å². The second-order valence-corrected chi connectivity index (χ2v) is 8.40. The molecule has 0 radical (unpaired) electrons. The van der Waals surface area contributed by atoms with E-state index in [-0.39, 0.29) is 34.1 Å². The van der Waals surface area contributed by atoms with Gasteiger partial charge in [0.05, 0.1) is 0 Å². The van der Waals surface area contributed by atoms with Gasteiger partial charge in [-0.2, -0.15) is 5.21 Å². The molecule has 10 nitrogen and oxygen atoms in total. The van der Waals surface area contributed by atoms with Gasteiger partial charge in [-0.1, -0.05) is 29.3 Å². The molecule has 2 aromatic heterocycles. The molecule has 30 heavy (non-hydrogen) atoms. The second-order valence-electron chi connectivity index (χ2n) is 8.02. The van der Waals surface area contributed by atoms with E-state index in [0.29, 0.717) is 25.2 Å². The molecule has 11 heteroatoms. The number of carbonyl (C=O) groups excluding carboxylic acids is 2. The van der Waals surface area contributed by atoms with Crippen LogP contribution in [-0.4, -0.2) is 56.1 Å². The summed E-state index contributed by atoms with van der Waals surface area (Å²) in [5, 5.41) is 20.6. The molecule has 0 aromatic carbocycles. The summed E-state index contributed by atoms with van der Waals surface area (Å²) in [6.45, 7) is 0.433. The van der Waals surface area contributed by atoms with Gasteiger partial charge in [0.1, 0.15) is 16.9 Å². The molecule has 2 heterocycles. The number of nitrogens with two attached hydrogens (primary N) is 1. The van der Waals surface area contributed by atoms with E-state index in [1.165, 1.54) is 0 Å². The first-order chi connectivity index (χ1) is 14.5. The molecular weight excluding hydrogens is 408 g/mol. The number of H-pyrrole nitrogens is 1. The molecule has 2 fully saturated rings. The topological polar surface area (TPSA) is 152 Å². The number of hydrogen-bond acceptors (Lipinski definition) is 7. The number of aromatic amines is 1. The maximum Gasteiger partial charge on any atom is 0.270 e. The molecule has 0 saturated heterocycles. The number of amides is 2. The van der Waals surface area contributed by atoms with E-state index in [1.54, 1.807) is 18.2 Å². The van der Waals surface area contributed by atoms with Gasteiger partial charge < -0.3 is 16.4 Å². The molecular formula is C19H25ClN8O2. The first kappa shape index (κ1) is 20.7. The van der Waals surface area contributed by atoms with Crippen molar-refractivity contribution in [2.24, 2.45) is 11.1 Å². The van der Waals surface area contributed by atoms with Crippen LogP contribution >= 0.6 is 11.6 Å². The number of pyridine rings is 1. The zero-order chi connectivity index (χ0) is 21.1. The Morgan fingerprint density at radius 3 is 3.00 bits per heavy atom. The molecule has 0 unspecified atom stereocenters. The lowest BCUT2D eigenvalue weighted by Gasteiger charge is -2.21. The fraction of sp³-hybridized carbons (Fsp3) is 0.579. The highest BCUT2D eigenvalue weighted by Crippen LogP contribution is 2.64. The number of halogens is 1. The summed E-state index contributed by atoms with van der Waals surface area (Å²) in [6.07, 6.45) is 5.01. The van der Waals surface area contributed by atoms with Gasteiger partial charge in [-0.3, -0.25) is 9.59 Å². The monoisotopic (exact) mass is 432 g/mol. The Morgan fingerprint density at radius 2 is 2.27 bits per heavy atom. The van der Waals surface area contributed by atoms with Crippen molar-refractivity contribution >= 4 is 23.4 Å². The molecule has 2 amide bonds. The predicted octanol–water partition coefficient (Wildman–Crippen LogP) is 0.928. The van der Waals surface area contributed by atoms with Crippen LogP contribution in [0.1, 0.15) is 60.8 Å². The van der Waals surface area contributed by atoms with E-state index >= 15 is 0 Å². The number of hydrogen-bond donors (Lipinski definition) is 4. The lowest BCUT2D eigenvalue weighted by atomic mass is 9.91. The van der Waals surface area contributed by atoms with Crippen molar-refractivity contribution in [3.8, 4) is 0 Å². The summed E-state index contributed by atoms with van der Waals surface area (Å²) in [6, 6.07) is 4.14. The largest absolute Gasteiger partial charge is 0.351 e. The molecule has 1 spiro atoms. The SMILES string of the molecule is NCCC[C@H](NC(=O)c1cccc(Cl)n1)C(=O)N[C@H]1C[C@]12CCC[C@H]2c1nn[nH]n1. The molecule has 4 atom stereocenters. The average molecular weight is 433 g/mol. The maximum absolute atomic E-state index is 13.0. The third-order valence-corrected chi connectivity index (χ3v) is 6.41. The number of rotatable bonds is 8.